The summed E-state index contributed by atoms with van der Waals surface area (Å²) in [6.45, 7) is 2.18. The van der Waals surface area contributed by atoms with Crippen molar-refractivity contribution in [2.45, 2.75) is 31.3 Å². The zero-order chi connectivity index (χ0) is 7.03. The third-order valence-corrected chi connectivity index (χ3v) is 2.82. The summed E-state index contributed by atoms with van der Waals surface area (Å²) < 4.78 is 0. The van der Waals surface area contributed by atoms with Crippen LogP contribution in [0.25, 0.3) is 0 Å². The third kappa shape index (κ3) is 1.86. The number of aliphatic hydroxyl groups is 1. The molecule has 1 heterocycles. The molecule has 0 bridgehead atoms. The first-order valence-electron chi connectivity index (χ1n) is 4.24. The average Bonchev–Trinajstić information content (AvgIpc) is 2.72. The topological polar surface area (TPSA) is 32.3 Å². The van der Waals surface area contributed by atoms with E-state index in [2.05, 4.69) is 5.32 Å². The maximum Gasteiger partial charge on any atom is 0.0690 e. The van der Waals surface area contributed by atoms with Gasteiger partial charge in [-0.3, -0.25) is 0 Å². The van der Waals surface area contributed by atoms with E-state index >= 15 is 0 Å². The Hall–Kier alpha value is 0.210. The monoisotopic (exact) mass is 177 g/mol. The highest BCUT2D eigenvalue weighted by molar-refractivity contribution is 5.85. The summed E-state index contributed by atoms with van der Waals surface area (Å²) in [6, 6.07) is 0. The molecule has 3 heteroatoms. The number of halogens is 1. The Kier molecular flexibility index (Phi) is 2.79. The lowest BCUT2D eigenvalue weighted by Gasteiger charge is -2.26. The molecule has 0 radical (unpaired) electrons. The van der Waals surface area contributed by atoms with Crippen LogP contribution >= 0.6 is 12.4 Å². The molecular formula is C8H16ClNO. The van der Waals surface area contributed by atoms with Gasteiger partial charge in [-0.1, -0.05) is 0 Å². The average molecular weight is 178 g/mol. The molecule has 2 aliphatic rings. The minimum Gasteiger partial charge on any atom is -0.390 e. The van der Waals surface area contributed by atoms with E-state index in [0.29, 0.717) is 5.92 Å². The van der Waals surface area contributed by atoms with Gasteiger partial charge in [0.15, 0.2) is 0 Å². The van der Waals surface area contributed by atoms with Crippen molar-refractivity contribution in [1.29, 1.82) is 0 Å². The van der Waals surface area contributed by atoms with E-state index in [1.165, 1.54) is 12.8 Å². The highest BCUT2D eigenvalue weighted by Gasteiger charge is 2.47. The molecule has 66 valence electrons. The Bertz CT molecular complexity index is 130. The highest BCUT2D eigenvalue weighted by Crippen LogP contribution is 2.44. The maximum atomic E-state index is 9.71. The molecular weight excluding hydrogens is 162 g/mol. The van der Waals surface area contributed by atoms with Gasteiger partial charge < -0.3 is 10.4 Å². The van der Waals surface area contributed by atoms with Crippen molar-refractivity contribution >= 4 is 12.4 Å². The second-order valence-corrected chi connectivity index (χ2v) is 3.65. The second kappa shape index (κ2) is 3.30. The molecule has 1 unspecified atom stereocenters. The molecule has 0 spiro atoms. The molecule has 0 aromatic carbocycles. The van der Waals surface area contributed by atoms with Crippen molar-refractivity contribution in [2.75, 3.05) is 13.1 Å². The lowest BCUT2D eigenvalue weighted by atomic mass is 9.92. The van der Waals surface area contributed by atoms with E-state index in [4.69, 9.17) is 0 Å². The first-order chi connectivity index (χ1) is 4.81. The van der Waals surface area contributed by atoms with E-state index in [1.54, 1.807) is 0 Å². The first-order valence-corrected chi connectivity index (χ1v) is 4.24. The van der Waals surface area contributed by atoms with Gasteiger partial charge >= 0.3 is 0 Å². The first kappa shape index (κ1) is 9.30. The van der Waals surface area contributed by atoms with Crippen LogP contribution in [0.4, 0.5) is 0 Å². The molecule has 1 saturated heterocycles. The Morgan fingerprint density at radius 1 is 1.36 bits per heavy atom. The lowest BCUT2D eigenvalue weighted by molar-refractivity contribution is 0.0677. The van der Waals surface area contributed by atoms with Crippen molar-refractivity contribution in [1.82, 2.24) is 5.32 Å². The Morgan fingerprint density at radius 3 is 2.55 bits per heavy atom. The zero-order valence-corrected chi connectivity index (χ0v) is 7.49. The van der Waals surface area contributed by atoms with Gasteiger partial charge in [0, 0.05) is 12.5 Å². The van der Waals surface area contributed by atoms with Crippen molar-refractivity contribution in [3.63, 3.8) is 0 Å². The van der Waals surface area contributed by atoms with Gasteiger partial charge in [0.05, 0.1) is 5.60 Å². The summed E-state index contributed by atoms with van der Waals surface area (Å²) in [7, 11) is 0. The Balaban J connectivity index is 0.000000605. The second-order valence-electron chi connectivity index (χ2n) is 3.65. The summed E-state index contributed by atoms with van der Waals surface area (Å²) >= 11 is 0. The molecule has 1 aliphatic heterocycles. The highest BCUT2D eigenvalue weighted by atomic mass is 35.5. The van der Waals surface area contributed by atoms with Crippen LogP contribution in [0.2, 0.25) is 0 Å². The minimum absolute atomic E-state index is 0. The molecule has 1 aliphatic carbocycles. The van der Waals surface area contributed by atoms with Crippen LogP contribution in [0.5, 0.6) is 0 Å². The van der Waals surface area contributed by atoms with Crippen molar-refractivity contribution in [2.24, 2.45) is 5.92 Å². The van der Waals surface area contributed by atoms with Crippen LogP contribution < -0.4 is 5.32 Å². The van der Waals surface area contributed by atoms with Gasteiger partial charge in [-0.25, -0.2) is 0 Å². The van der Waals surface area contributed by atoms with Crippen LogP contribution in [-0.4, -0.2) is 23.8 Å². The summed E-state index contributed by atoms with van der Waals surface area (Å²) in [4.78, 5) is 0. The van der Waals surface area contributed by atoms with E-state index in [0.717, 1.165) is 25.9 Å². The van der Waals surface area contributed by atoms with Gasteiger partial charge in [0.1, 0.15) is 0 Å². The number of piperidine rings is 1. The molecule has 2 rings (SSSR count). The lowest BCUT2D eigenvalue weighted by Crippen LogP contribution is -2.37. The summed E-state index contributed by atoms with van der Waals surface area (Å²) in [6.07, 6.45) is 4.55. The smallest absolute Gasteiger partial charge is 0.0690 e. The van der Waals surface area contributed by atoms with Gasteiger partial charge in [-0.15, -0.1) is 12.4 Å². The number of hydrogen-bond donors (Lipinski definition) is 2. The minimum atomic E-state index is -0.243. The normalized spacial score (nSPS) is 34.1. The van der Waals surface area contributed by atoms with E-state index in [9.17, 15) is 5.11 Å². The zero-order valence-electron chi connectivity index (χ0n) is 6.68. The van der Waals surface area contributed by atoms with E-state index in [1.807, 2.05) is 0 Å². The van der Waals surface area contributed by atoms with Gasteiger partial charge in [-0.2, -0.15) is 0 Å². The molecule has 0 aromatic heterocycles. The summed E-state index contributed by atoms with van der Waals surface area (Å²) in [5, 5.41) is 13.0. The van der Waals surface area contributed by atoms with Gasteiger partial charge in [0.25, 0.3) is 0 Å². The SMILES string of the molecule is Cl.OC1(C2CCCNC2)CC1. The number of hydrogen-bond acceptors (Lipinski definition) is 2. The van der Waals surface area contributed by atoms with Crippen LogP contribution in [0.3, 0.4) is 0 Å². The Labute approximate surface area is 73.8 Å². The standard InChI is InChI=1S/C8H15NO.ClH/c10-8(3-4-8)7-2-1-5-9-6-7;/h7,9-10H,1-6H2;1H. The number of nitrogens with one attached hydrogen (secondary N) is 1. The van der Waals surface area contributed by atoms with Crippen LogP contribution in [0.1, 0.15) is 25.7 Å². The van der Waals surface area contributed by atoms with Gasteiger partial charge in [-0.05, 0) is 32.2 Å². The van der Waals surface area contributed by atoms with Crippen molar-refractivity contribution in [3.8, 4) is 0 Å². The van der Waals surface area contributed by atoms with Crippen LogP contribution in [0.15, 0.2) is 0 Å². The van der Waals surface area contributed by atoms with Gasteiger partial charge in [0.2, 0.25) is 0 Å². The molecule has 2 fully saturated rings. The van der Waals surface area contributed by atoms with Crippen molar-refractivity contribution < 1.29 is 5.11 Å². The van der Waals surface area contributed by atoms with Crippen LogP contribution in [0, 0.1) is 5.92 Å². The van der Waals surface area contributed by atoms with E-state index < -0.39 is 0 Å². The predicted molar refractivity (Wildman–Crippen MR) is 47.0 cm³/mol. The molecule has 11 heavy (non-hydrogen) atoms. The molecule has 1 atom stereocenters. The quantitative estimate of drug-likeness (QED) is 0.625. The Morgan fingerprint density at radius 2 is 2.09 bits per heavy atom. The third-order valence-electron chi connectivity index (χ3n) is 2.82. The molecule has 0 aromatic rings. The molecule has 2 N–H and O–H groups in total. The fraction of sp³-hybridized carbons (Fsp3) is 1.00. The largest absolute Gasteiger partial charge is 0.390 e. The maximum absolute atomic E-state index is 9.71. The fourth-order valence-electron chi connectivity index (χ4n) is 1.85. The fourth-order valence-corrected chi connectivity index (χ4v) is 1.85. The summed E-state index contributed by atoms with van der Waals surface area (Å²) in [5.41, 5.74) is -0.243. The molecule has 2 nitrogen and oxygen atoms in total. The van der Waals surface area contributed by atoms with E-state index in [-0.39, 0.29) is 18.0 Å². The molecule has 0 amide bonds. The summed E-state index contributed by atoms with van der Waals surface area (Å²) in [5.74, 6) is 0.557. The predicted octanol–water partition coefficient (Wildman–Crippen LogP) is 0.933. The van der Waals surface area contributed by atoms with Crippen molar-refractivity contribution in [3.05, 3.63) is 0 Å². The van der Waals surface area contributed by atoms with Crippen LogP contribution in [-0.2, 0) is 0 Å². The number of rotatable bonds is 1. The molecule has 1 saturated carbocycles.